The van der Waals surface area contributed by atoms with Crippen molar-refractivity contribution in [1.82, 2.24) is 0 Å². The number of carbonyl (C=O) groups is 1. The summed E-state index contributed by atoms with van der Waals surface area (Å²) in [4.78, 5) is 22.2. The van der Waals surface area contributed by atoms with Gasteiger partial charge in [-0.25, -0.2) is 0 Å². The lowest BCUT2D eigenvalue weighted by Gasteiger charge is -2.11. The fraction of sp³-hybridized carbons (Fsp3) is 0.105. The molecular formula is C19H13F3N2O4. The molecule has 0 bridgehead atoms. The Kier molecular flexibility index (Phi) is 5.16. The second-order valence-electron chi connectivity index (χ2n) is 5.80. The van der Waals surface area contributed by atoms with Crippen molar-refractivity contribution in [3.05, 3.63) is 76.3 Å². The third-order valence-electron chi connectivity index (χ3n) is 3.91. The number of rotatable bonds is 5. The van der Waals surface area contributed by atoms with E-state index in [1.807, 2.05) is 24.3 Å². The van der Waals surface area contributed by atoms with Crippen molar-refractivity contribution in [3.8, 4) is 5.75 Å². The Morgan fingerprint density at radius 1 is 1.07 bits per heavy atom. The van der Waals surface area contributed by atoms with Gasteiger partial charge in [0.25, 0.3) is 5.91 Å². The van der Waals surface area contributed by atoms with Crippen molar-refractivity contribution >= 4 is 28.1 Å². The van der Waals surface area contributed by atoms with E-state index in [1.54, 1.807) is 18.2 Å². The van der Waals surface area contributed by atoms with Gasteiger partial charge in [0.05, 0.1) is 10.5 Å². The molecule has 0 aliphatic heterocycles. The van der Waals surface area contributed by atoms with Crippen molar-refractivity contribution in [3.63, 3.8) is 0 Å². The molecule has 0 aliphatic rings. The quantitative estimate of drug-likeness (QED) is 0.502. The number of fused-ring (bicyclic) bond motifs is 1. The molecule has 9 heteroatoms. The minimum Gasteiger partial charge on any atom is -0.477 e. The van der Waals surface area contributed by atoms with Crippen LogP contribution in [0.15, 0.2) is 60.7 Å². The average molecular weight is 390 g/mol. The number of nitrogens with one attached hydrogen (secondary N) is 1. The Bertz CT molecular complexity index is 1050. The van der Waals surface area contributed by atoms with E-state index < -0.39 is 40.6 Å². The molecule has 144 valence electrons. The second kappa shape index (κ2) is 7.55. The van der Waals surface area contributed by atoms with E-state index >= 15 is 0 Å². The van der Waals surface area contributed by atoms with E-state index in [0.29, 0.717) is 17.8 Å². The molecule has 3 rings (SSSR count). The minimum absolute atomic E-state index is 0.373. The smallest absolute Gasteiger partial charge is 0.416 e. The van der Waals surface area contributed by atoms with Crippen molar-refractivity contribution < 1.29 is 27.6 Å². The Labute approximate surface area is 156 Å². The van der Waals surface area contributed by atoms with E-state index in [2.05, 4.69) is 5.32 Å². The highest BCUT2D eigenvalue weighted by atomic mass is 19.4. The molecule has 0 fully saturated rings. The summed E-state index contributed by atoms with van der Waals surface area (Å²) < 4.78 is 43.2. The van der Waals surface area contributed by atoms with Crippen LogP contribution < -0.4 is 10.1 Å². The Morgan fingerprint density at radius 3 is 2.50 bits per heavy atom. The molecule has 0 radical (unpaired) electrons. The van der Waals surface area contributed by atoms with Crippen LogP contribution in [-0.2, 0) is 11.0 Å². The summed E-state index contributed by atoms with van der Waals surface area (Å²) in [5, 5.41) is 15.4. The first-order valence-corrected chi connectivity index (χ1v) is 8.02. The third-order valence-corrected chi connectivity index (χ3v) is 3.91. The topological polar surface area (TPSA) is 81.5 Å². The third kappa shape index (κ3) is 4.20. The fourth-order valence-corrected chi connectivity index (χ4v) is 2.62. The lowest BCUT2D eigenvalue weighted by molar-refractivity contribution is -0.386. The van der Waals surface area contributed by atoms with Gasteiger partial charge in [0.15, 0.2) is 12.4 Å². The summed E-state index contributed by atoms with van der Waals surface area (Å²) in [6.07, 6.45) is -4.73. The zero-order chi connectivity index (χ0) is 20.3. The number of ether oxygens (including phenoxy) is 1. The summed E-state index contributed by atoms with van der Waals surface area (Å²) >= 11 is 0. The molecule has 1 amide bonds. The number of nitro groups is 1. The van der Waals surface area contributed by atoms with Gasteiger partial charge in [-0.3, -0.25) is 14.9 Å². The number of hydrogen-bond donors (Lipinski definition) is 1. The standard InChI is InChI=1S/C19H13F3N2O4/c20-19(21,22)13-8-9-17(16(10-13)24(26)27)28-11-18(25)23-15-7-3-5-12-4-1-2-6-14(12)15/h1-10H,11H2,(H,23,25). The maximum atomic E-state index is 12.7. The predicted molar refractivity (Wildman–Crippen MR) is 96.2 cm³/mol. The van der Waals surface area contributed by atoms with Crippen molar-refractivity contribution in [2.45, 2.75) is 6.18 Å². The highest BCUT2D eigenvalue weighted by molar-refractivity contribution is 6.02. The van der Waals surface area contributed by atoms with Crippen LogP contribution in [0, 0.1) is 10.1 Å². The first kappa shape index (κ1) is 19.2. The molecule has 0 heterocycles. The number of carbonyl (C=O) groups excluding carboxylic acids is 1. The van der Waals surface area contributed by atoms with Crippen molar-refractivity contribution in [1.29, 1.82) is 0 Å². The van der Waals surface area contributed by atoms with Gasteiger partial charge in [-0.1, -0.05) is 36.4 Å². The molecule has 28 heavy (non-hydrogen) atoms. The second-order valence-corrected chi connectivity index (χ2v) is 5.80. The van der Waals surface area contributed by atoms with Crippen molar-refractivity contribution in [2.24, 2.45) is 0 Å². The van der Waals surface area contributed by atoms with Crippen LogP contribution in [0.2, 0.25) is 0 Å². The summed E-state index contributed by atoms with van der Waals surface area (Å²) in [6.45, 7) is -0.602. The van der Waals surface area contributed by atoms with E-state index in [9.17, 15) is 28.1 Å². The van der Waals surface area contributed by atoms with E-state index in [0.717, 1.165) is 16.8 Å². The Balaban J connectivity index is 1.75. The largest absolute Gasteiger partial charge is 0.477 e. The van der Waals surface area contributed by atoms with E-state index in [1.165, 1.54) is 0 Å². The van der Waals surface area contributed by atoms with Crippen LogP contribution in [0.1, 0.15) is 5.56 Å². The first-order chi connectivity index (χ1) is 13.3. The van der Waals surface area contributed by atoms with Gasteiger partial charge in [-0.05, 0) is 23.6 Å². The Morgan fingerprint density at radius 2 is 1.79 bits per heavy atom. The number of amides is 1. The molecule has 0 unspecified atom stereocenters. The highest BCUT2D eigenvalue weighted by Crippen LogP contribution is 2.36. The predicted octanol–water partition coefficient (Wildman–Crippen LogP) is 4.78. The molecule has 3 aromatic rings. The van der Waals surface area contributed by atoms with Gasteiger partial charge in [0.2, 0.25) is 0 Å². The van der Waals surface area contributed by atoms with Gasteiger partial charge >= 0.3 is 11.9 Å². The van der Waals surface area contributed by atoms with Crippen LogP contribution in [0.4, 0.5) is 24.5 Å². The average Bonchev–Trinajstić information content (AvgIpc) is 2.65. The van der Waals surface area contributed by atoms with Gasteiger partial charge in [0.1, 0.15) is 0 Å². The van der Waals surface area contributed by atoms with Gasteiger partial charge in [-0.15, -0.1) is 0 Å². The van der Waals surface area contributed by atoms with Gasteiger partial charge in [-0.2, -0.15) is 13.2 Å². The molecule has 1 N–H and O–H groups in total. The SMILES string of the molecule is O=C(COc1ccc(C(F)(F)F)cc1[N+](=O)[O-])Nc1cccc2ccccc12. The fourth-order valence-electron chi connectivity index (χ4n) is 2.62. The van der Waals surface area contributed by atoms with Crippen LogP contribution in [0.25, 0.3) is 10.8 Å². The minimum atomic E-state index is -4.73. The first-order valence-electron chi connectivity index (χ1n) is 8.02. The monoisotopic (exact) mass is 390 g/mol. The molecule has 0 aromatic heterocycles. The molecule has 0 spiro atoms. The maximum Gasteiger partial charge on any atom is 0.416 e. The molecule has 6 nitrogen and oxygen atoms in total. The number of nitrogens with zero attached hydrogens (tertiary/aromatic N) is 1. The van der Waals surface area contributed by atoms with Gasteiger partial charge < -0.3 is 10.1 Å². The normalized spacial score (nSPS) is 11.2. The van der Waals surface area contributed by atoms with Crippen LogP contribution in [0.5, 0.6) is 5.75 Å². The van der Waals surface area contributed by atoms with Gasteiger partial charge in [0, 0.05) is 17.1 Å². The van der Waals surface area contributed by atoms with Crippen LogP contribution in [-0.4, -0.2) is 17.4 Å². The lowest BCUT2D eigenvalue weighted by atomic mass is 10.1. The molecule has 0 saturated heterocycles. The Hall–Kier alpha value is -3.62. The van der Waals surface area contributed by atoms with Crippen LogP contribution in [0.3, 0.4) is 0 Å². The van der Waals surface area contributed by atoms with Crippen LogP contribution >= 0.6 is 0 Å². The number of benzene rings is 3. The summed E-state index contributed by atoms with van der Waals surface area (Å²) in [7, 11) is 0. The van der Waals surface area contributed by atoms with E-state index in [-0.39, 0.29) is 0 Å². The van der Waals surface area contributed by atoms with Crippen molar-refractivity contribution in [2.75, 3.05) is 11.9 Å². The number of alkyl halides is 3. The molecule has 0 saturated carbocycles. The highest BCUT2D eigenvalue weighted by Gasteiger charge is 2.33. The number of hydrogen-bond acceptors (Lipinski definition) is 4. The molecule has 0 aliphatic carbocycles. The maximum absolute atomic E-state index is 12.7. The zero-order valence-corrected chi connectivity index (χ0v) is 14.2. The molecule has 3 aromatic carbocycles. The number of halogens is 3. The summed E-state index contributed by atoms with van der Waals surface area (Å²) in [5.41, 5.74) is -1.52. The summed E-state index contributed by atoms with van der Waals surface area (Å²) in [6, 6.07) is 14.5. The number of nitro benzene ring substituents is 1. The van der Waals surface area contributed by atoms with E-state index in [4.69, 9.17) is 4.74 Å². The summed E-state index contributed by atoms with van der Waals surface area (Å²) in [5.74, 6) is -1.03. The lowest BCUT2D eigenvalue weighted by Crippen LogP contribution is -2.20. The zero-order valence-electron chi connectivity index (χ0n) is 14.2. The molecular weight excluding hydrogens is 377 g/mol. The molecule has 0 atom stereocenters. The number of anilines is 1.